The molecule has 1 fully saturated rings. The Morgan fingerprint density at radius 1 is 1.24 bits per heavy atom. The molecule has 1 aliphatic rings. The van der Waals surface area contributed by atoms with Gasteiger partial charge >= 0.3 is 0 Å². The molecule has 1 aromatic heterocycles. The second kappa shape index (κ2) is 7.88. The van der Waals surface area contributed by atoms with Gasteiger partial charge in [-0.25, -0.2) is 4.98 Å². The molecule has 132 valence electrons. The van der Waals surface area contributed by atoms with Crippen molar-refractivity contribution in [3.8, 4) is 11.6 Å². The van der Waals surface area contributed by atoms with Gasteiger partial charge in [0.15, 0.2) is 0 Å². The number of carbonyl (C=O) groups is 1. The molecule has 0 unspecified atom stereocenters. The maximum atomic E-state index is 12.2. The van der Waals surface area contributed by atoms with Crippen molar-refractivity contribution in [2.75, 3.05) is 38.8 Å². The Balaban J connectivity index is 1.53. The molecule has 6 heteroatoms. The summed E-state index contributed by atoms with van der Waals surface area (Å²) in [5.41, 5.74) is 1.65. The van der Waals surface area contributed by atoms with Crippen LogP contribution in [-0.2, 0) is 0 Å². The van der Waals surface area contributed by atoms with Crippen LogP contribution in [0.15, 0.2) is 42.6 Å². The van der Waals surface area contributed by atoms with E-state index in [9.17, 15) is 4.79 Å². The first-order valence-corrected chi connectivity index (χ1v) is 8.37. The molecule has 0 spiro atoms. The van der Waals surface area contributed by atoms with Crippen LogP contribution in [0.3, 0.4) is 0 Å². The Bertz CT molecular complexity index is 718. The molecule has 1 atom stereocenters. The van der Waals surface area contributed by atoms with Gasteiger partial charge in [0, 0.05) is 31.9 Å². The van der Waals surface area contributed by atoms with Crippen LogP contribution < -0.4 is 19.7 Å². The molecule has 1 aromatic carbocycles. The van der Waals surface area contributed by atoms with Gasteiger partial charge in [-0.15, -0.1) is 0 Å². The Labute approximate surface area is 147 Å². The monoisotopic (exact) mass is 341 g/mol. The summed E-state index contributed by atoms with van der Waals surface area (Å²) in [6.07, 6.45) is 2.57. The Morgan fingerprint density at radius 3 is 2.80 bits per heavy atom. The normalized spacial score (nSPS) is 16.6. The Kier molecular flexibility index (Phi) is 5.38. The first-order valence-electron chi connectivity index (χ1n) is 8.37. The number of pyridine rings is 1. The summed E-state index contributed by atoms with van der Waals surface area (Å²) in [7, 11) is 3.24. The average molecular weight is 341 g/mol. The van der Waals surface area contributed by atoms with E-state index in [4.69, 9.17) is 9.47 Å². The van der Waals surface area contributed by atoms with E-state index in [1.807, 2.05) is 18.2 Å². The number of nitrogens with zero attached hydrogens (tertiary/aromatic N) is 2. The van der Waals surface area contributed by atoms with Gasteiger partial charge in [0.1, 0.15) is 5.75 Å². The molecule has 0 bridgehead atoms. The van der Waals surface area contributed by atoms with E-state index in [0.717, 1.165) is 30.9 Å². The molecule has 1 saturated heterocycles. The van der Waals surface area contributed by atoms with Crippen molar-refractivity contribution in [1.82, 2.24) is 10.3 Å². The number of para-hydroxylation sites is 2. The fourth-order valence-corrected chi connectivity index (χ4v) is 3.08. The zero-order valence-corrected chi connectivity index (χ0v) is 14.6. The smallest absolute Gasteiger partial charge is 0.252 e. The van der Waals surface area contributed by atoms with E-state index in [-0.39, 0.29) is 5.91 Å². The van der Waals surface area contributed by atoms with E-state index in [2.05, 4.69) is 21.3 Å². The predicted octanol–water partition coefficient (Wildman–Crippen LogP) is 2.36. The number of methoxy groups -OCH3 is 2. The van der Waals surface area contributed by atoms with E-state index in [0.29, 0.717) is 23.9 Å². The SMILES string of the molecule is COc1ccc(C(=O)NC[C@H]2CCN(c3ccccc3OC)C2)cn1. The van der Waals surface area contributed by atoms with Crippen molar-refractivity contribution < 1.29 is 14.3 Å². The minimum atomic E-state index is -0.106. The third-order valence-corrected chi connectivity index (χ3v) is 4.47. The third kappa shape index (κ3) is 4.02. The number of amides is 1. The number of anilines is 1. The minimum absolute atomic E-state index is 0.106. The minimum Gasteiger partial charge on any atom is -0.495 e. The highest BCUT2D eigenvalue weighted by molar-refractivity contribution is 5.93. The van der Waals surface area contributed by atoms with Crippen LogP contribution in [0.25, 0.3) is 0 Å². The molecule has 1 amide bonds. The number of aromatic nitrogens is 1. The van der Waals surface area contributed by atoms with Gasteiger partial charge in [0.05, 0.1) is 25.5 Å². The lowest BCUT2D eigenvalue weighted by Crippen LogP contribution is -2.31. The van der Waals surface area contributed by atoms with E-state index in [1.165, 1.54) is 6.20 Å². The molecule has 0 aliphatic carbocycles. The maximum Gasteiger partial charge on any atom is 0.252 e. The van der Waals surface area contributed by atoms with Crippen LogP contribution in [0.5, 0.6) is 11.6 Å². The van der Waals surface area contributed by atoms with Crippen molar-refractivity contribution in [3.63, 3.8) is 0 Å². The van der Waals surface area contributed by atoms with Gasteiger partial charge in [-0.3, -0.25) is 4.79 Å². The number of rotatable bonds is 6. The van der Waals surface area contributed by atoms with Gasteiger partial charge < -0.3 is 19.7 Å². The third-order valence-electron chi connectivity index (χ3n) is 4.47. The number of hydrogen-bond acceptors (Lipinski definition) is 5. The highest BCUT2D eigenvalue weighted by atomic mass is 16.5. The number of ether oxygens (including phenoxy) is 2. The fourth-order valence-electron chi connectivity index (χ4n) is 3.08. The number of benzene rings is 1. The van der Waals surface area contributed by atoms with E-state index in [1.54, 1.807) is 26.4 Å². The topological polar surface area (TPSA) is 63.7 Å². The average Bonchev–Trinajstić information content (AvgIpc) is 3.15. The summed E-state index contributed by atoms with van der Waals surface area (Å²) < 4.78 is 10.4. The zero-order chi connectivity index (χ0) is 17.6. The Morgan fingerprint density at radius 2 is 2.08 bits per heavy atom. The van der Waals surface area contributed by atoms with E-state index < -0.39 is 0 Å². The van der Waals surface area contributed by atoms with E-state index >= 15 is 0 Å². The van der Waals surface area contributed by atoms with Gasteiger partial charge in [-0.1, -0.05) is 12.1 Å². The molecule has 0 radical (unpaired) electrons. The van der Waals surface area contributed by atoms with Gasteiger partial charge in [-0.05, 0) is 30.5 Å². The summed E-state index contributed by atoms with van der Waals surface area (Å²) in [6.45, 7) is 2.52. The maximum absolute atomic E-state index is 12.2. The number of hydrogen-bond donors (Lipinski definition) is 1. The van der Waals surface area contributed by atoms with Crippen molar-refractivity contribution in [1.29, 1.82) is 0 Å². The van der Waals surface area contributed by atoms with Crippen molar-refractivity contribution in [2.45, 2.75) is 6.42 Å². The van der Waals surface area contributed by atoms with Gasteiger partial charge in [-0.2, -0.15) is 0 Å². The molecule has 1 aliphatic heterocycles. The lowest BCUT2D eigenvalue weighted by molar-refractivity contribution is 0.0948. The van der Waals surface area contributed by atoms with Crippen LogP contribution in [0.4, 0.5) is 5.69 Å². The van der Waals surface area contributed by atoms with Crippen molar-refractivity contribution in [2.24, 2.45) is 5.92 Å². The molecule has 3 rings (SSSR count). The molecular weight excluding hydrogens is 318 g/mol. The summed E-state index contributed by atoms with van der Waals surface area (Å²) >= 11 is 0. The molecule has 2 heterocycles. The molecule has 0 saturated carbocycles. The highest BCUT2D eigenvalue weighted by Crippen LogP contribution is 2.31. The summed E-state index contributed by atoms with van der Waals surface area (Å²) in [5.74, 6) is 1.70. The first kappa shape index (κ1) is 17.1. The van der Waals surface area contributed by atoms with Crippen molar-refractivity contribution in [3.05, 3.63) is 48.2 Å². The zero-order valence-electron chi connectivity index (χ0n) is 14.6. The molecule has 6 nitrogen and oxygen atoms in total. The van der Waals surface area contributed by atoms with Gasteiger partial charge in [0.25, 0.3) is 5.91 Å². The van der Waals surface area contributed by atoms with Crippen LogP contribution in [0.1, 0.15) is 16.8 Å². The fraction of sp³-hybridized carbons (Fsp3) is 0.368. The predicted molar refractivity (Wildman–Crippen MR) is 96.4 cm³/mol. The summed E-state index contributed by atoms with van der Waals surface area (Å²) in [5, 5.41) is 3.00. The molecule has 1 N–H and O–H groups in total. The summed E-state index contributed by atoms with van der Waals surface area (Å²) in [4.78, 5) is 18.6. The van der Waals surface area contributed by atoms with Crippen LogP contribution >= 0.6 is 0 Å². The van der Waals surface area contributed by atoms with Crippen LogP contribution in [0, 0.1) is 5.92 Å². The lowest BCUT2D eigenvalue weighted by atomic mass is 10.1. The largest absolute Gasteiger partial charge is 0.495 e. The number of carbonyl (C=O) groups excluding carboxylic acids is 1. The van der Waals surface area contributed by atoms with Crippen LogP contribution in [0.2, 0.25) is 0 Å². The number of nitrogens with one attached hydrogen (secondary N) is 1. The van der Waals surface area contributed by atoms with Crippen molar-refractivity contribution >= 4 is 11.6 Å². The summed E-state index contributed by atoms with van der Waals surface area (Å²) in [6, 6.07) is 11.4. The molecular formula is C19H23N3O3. The quantitative estimate of drug-likeness (QED) is 0.874. The second-order valence-corrected chi connectivity index (χ2v) is 6.07. The molecule has 2 aromatic rings. The first-order chi connectivity index (χ1) is 12.2. The van der Waals surface area contributed by atoms with Gasteiger partial charge in [0.2, 0.25) is 5.88 Å². The van der Waals surface area contributed by atoms with Crippen LogP contribution in [-0.4, -0.2) is 44.7 Å². The Hall–Kier alpha value is -2.76. The molecule has 25 heavy (non-hydrogen) atoms. The lowest BCUT2D eigenvalue weighted by Gasteiger charge is -2.21. The second-order valence-electron chi connectivity index (χ2n) is 6.07. The highest BCUT2D eigenvalue weighted by Gasteiger charge is 2.25. The standard InChI is InChI=1S/C19H23N3O3/c1-24-17-6-4-3-5-16(17)22-10-9-14(13-22)11-21-19(23)15-7-8-18(25-2)20-12-15/h3-8,12,14H,9-11,13H2,1-2H3,(H,21,23)/t14-/m1/s1.